The molecule has 0 bridgehead atoms. The summed E-state index contributed by atoms with van der Waals surface area (Å²) in [4.78, 5) is 4.03. The largest absolute Gasteiger partial charge is 0.496 e. The van der Waals surface area contributed by atoms with Crippen LogP contribution in [0.2, 0.25) is 0 Å². The van der Waals surface area contributed by atoms with Gasteiger partial charge in [-0.2, -0.15) is 0 Å². The van der Waals surface area contributed by atoms with Crippen molar-refractivity contribution >= 4 is 22.7 Å². The molecule has 1 atom stereocenters. The molecule has 2 rings (SSSR count). The molecule has 0 aliphatic heterocycles. The molecule has 2 aromatic rings. The molecule has 0 aromatic carbocycles. The molecule has 0 amide bonds. The van der Waals surface area contributed by atoms with Gasteiger partial charge < -0.3 is 10.1 Å². The molecule has 1 N–H and O–H groups in total. The minimum atomic E-state index is 0.253. The van der Waals surface area contributed by atoms with Crippen molar-refractivity contribution < 1.29 is 4.74 Å². The second kappa shape index (κ2) is 5.87. The van der Waals surface area contributed by atoms with E-state index in [2.05, 4.69) is 37.5 Å². The summed E-state index contributed by atoms with van der Waals surface area (Å²) in [5.74, 6) is 0.983. The number of hydrogen-bond donors (Lipinski definition) is 1. The van der Waals surface area contributed by atoms with E-state index in [4.69, 9.17) is 4.74 Å². The zero-order chi connectivity index (χ0) is 13.1. The van der Waals surface area contributed by atoms with E-state index in [0.29, 0.717) is 0 Å². The molecule has 0 saturated carbocycles. The van der Waals surface area contributed by atoms with Gasteiger partial charge in [-0.1, -0.05) is 6.92 Å². The van der Waals surface area contributed by atoms with Crippen molar-refractivity contribution in [2.75, 3.05) is 13.7 Å². The minimum Gasteiger partial charge on any atom is -0.496 e. The Hall–Kier alpha value is -0.840. The fourth-order valence-electron chi connectivity index (χ4n) is 2.14. The van der Waals surface area contributed by atoms with E-state index >= 15 is 0 Å². The maximum absolute atomic E-state index is 5.46. The molecule has 1 unspecified atom stereocenters. The van der Waals surface area contributed by atoms with Gasteiger partial charge in [-0.05, 0) is 43.5 Å². The SMILES string of the molecule is CCNC(c1sc(C)cc1C)c1sccc1OC. The van der Waals surface area contributed by atoms with Crippen molar-refractivity contribution in [3.8, 4) is 5.75 Å². The summed E-state index contributed by atoms with van der Waals surface area (Å²) in [5, 5.41) is 5.66. The highest BCUT2D eigenvalue weighted by Crippen LogP contribution is 2.38. The molecular formula is C14H19NOS2. The van der Waals surface area contributed by atoms with Gasteiger partial charge >= 0.3 is 0 Å². The van der Waals surface area contributed by atoms with Crippen LogP contribution in [0.3, 0.4) is 0 Å². The summed E-state index contributed by atoms with van der Waals surface area (Å²) in [7, 11) is 1.74. The summed E-state index contributed by atoms with van der Waals surface area (Å²) in [6.45, 7) is 7.43. The number of rotatable bonds is 5. The van der Waals surface area contributed by atoms with E-state index in [1.807, 2.05) is 17.4 Å². The van der Waals surface area contributed by atoms with Crippen molar-refractivity contribution in [1.82, 2.24) is 5.32 Å². The fourth-order valence-corrected chi connectivity index (χ4v) is 4.28. The quantitative estimate of drug-likeness (QED) is 0.889. The van der Waals surface area contributed by atoms with E-state index < -0.39 is 0 Å². The standard InChI is InChI=1S/C14H19NOS2/c1-5-15-12(13-9(2)8-10(3)18-13)14-11(16-4)6-7-17-14/h6-8,12,15H,5H2,1-4H3. The monoisotopic (exact) mass is 281 g/mol. The molecule has 0 saturated heterocycles. The molecule has 18 heavy (non-hydrogen) atoms. The highest BCUT2D eigenvalue weighted by molar-refractivity contribution is 7.13. The number of thiophene rings is 2. The summed E-state index contributed by atoms with van der Waals surface area (Å²) in [6, 6.07) is 4.55. The van der Waals surface area contributed by atoms with Crippen LogP contribution in [0.15, 0.2) is 17.5 Å². The normalized spacial score (nSPS) is 12.7. The molecule has 2 aromatic heterocycles. The van der Waals surface area contributed by atoms with Gasteiger partial charge in [0.05, 0.1) is 18.0 Å². The lowest BCUT2D eigenvalue weighted by Crippen LogP contribution is -2.21. The zero-order valence-corrected chi connectivity index (χ0v) is 12.9. The van der Waals surface area contributed by atoms with Gasteiger partial charge in [0.15, 0.2) is 0 Å². The molecule has 0 aliphatic carbocycles. The Morgan fingerprint density at radius 1 is 1.33 bits per heavy atom. The van der Waals surface area contributed by atoms with Crippen molar-refractivity contribution in [2.45, 2.75) is 26.8 Å². The fraction of sp³-hybridized carbons (Fsp3) is 0.429. The van der Waals surface area contributed by atoms with Crippen LogP contribution in [0.25, 0.3) is 0 Å². The zero-order valence-electron chi connectivity index (χ0n) is 11.2. The van der Waals surface area contributed by atoms with Crippen LogP contribution in [0.4, 0.5) is 0 Å². The number of nitrogens with one attached hydrogen (secondary N) is 1. The average Bonchev–Trinajstić information content (AvgIpc) is 2.92. The summed E-state index contributed by atoms with van der Waals surface area (Å²) in [6.07, 6.45) is 0. The topological polar surface area (TPSA) is 21.3 Å². The minimum absolute atomic E-state index is 0.253. The third kappa shape index (κ3) is 2.60. The van der Waals surface area contributed by atoms with Crippen molar-refractivity contribution in [2.24, 2.45) is 0 Å². The predicted molar refractivity (Wildman–Crippen MR) is 80.2 cm³/mol. The van der Waals surface area contributed by atoms with E-state index in [1.165, 1.54) is 20.2 Å². The van der Waals surface area contributed by atoms with Gasteiger partial charge in [-0.15, -0.1) is 22.7 Å². The Morgan fingerprint density at radius 3 is 2.67 bits per heavy atom. The van der Waals surface area contributed by atoms with Crippen molar-refractivity contribution in [1.29, 1.82) is 0 Å². The van der Waals surface area contributed by atoms with Crippen LogP contribution in [-0.2, 0) is 0 Å². The van der Waals surface area contributed by atoms with Crippen LogP contribution < -0.4 is 10.1 Å². The van der Waals surface area contributed by atoms with Crippen LogP contribution in [0.1, 0.15) is 33.2 Å². The molecular weight excluding hydrogens is 262 g/mol. The summed E-state index contributed by atoms with van der Waals surface area (Å²) >= 11 is 3.62. The van der Waals surface area contributed by atoms with E-state index in [0.717, 1.165) is 12.3 Å². The number of aryl methyl sites for hydroxylation is 2. The molecule has 0 spiro atoms. The molecule has 98 valence electrons. The number of hydrogen-bond acceptors (Lipinski definition) is 4. The molecule has 2 nitrogen and oxygen atoms in total. The van der Waals surface area contributed by atoms with Gasteiger partial charge in [0.25, 0.3) is 0 Å². The maximum atomic E-state index is 5.46. The Morgan fingerprint density at radius 2 is 2.11 bits per heavy atom. The second-order valence-corrected chi connectivity index (χ2v) is 6.48. The molecule has 4 heteroatoms. The Labute approximate surface area is 117 Å². The molecule has 0 fully saturated rings. The molecule has 0 radical (unpaired) electrons. The third-order valence-electron chi connectivity index (χ3n) is 2.89. The van der Waals surface area contributed by atoms with Crippen molar-refractivity contribution in [3.63, 3.8) is 0 Å². The van der Waals surface area contributed by atoms with Crippen LogP contribution in [0, 0.1) is 13.8 Å². The highest BCUT2D eigenvalue weighted by Gasteiger charge is 2.22. The first-order chi connectivity index (χ1) is 8.67. The van der Waals surface area contributed by atoms with Gasteiger partial charge in [0, 0.05) is 9.75 Å². The predicted octanol–water partition coefficient (Wildman–Crippen LogP) is 4.13. The van der Waals surface area contributed by atoms with E-state index in [9.17, 15) is 0 Å². The molecule has 2 heterocycles. The average molecular weight is 281 g/mol. The first kappa shape index (κ1) is 13.6. The van der Waals surface area contributed by atoms with E-state index in [1.54, 1.807) is 18.4 Å². The highest BCUT2D eigenvalue weighted by atomic mass is 32.1. The Bertz CT molecular complexity index is 516. The molecule has 0 aliphatic rings. The second-order valence-electron chi connectivity index (χ2n) is 4.25. The summed E-state index contributed by atoms with van der Waals surface area (Å²) < 4.78 is 5.46. The van der Waals surface area contributed by atoms with E-state index in [-0.39, 0.29) is 6.04 Å². The Balaban J connectivity index is 2.42. The number of ether oxygens (including phenoxy) is 1. The van der Waals surface area contributed by atoms with Gasteiger partial charge in [0.2, 0.25) is 0 Å². The van der Waals surface area contributed by atoms with Crippen LogP contribution in [-0.4, -0.2) is 13.7 Å². The van der Waals surface area contributed by atoms with Gasteiger partial charge in [0.1, 0.15) is 5.75 Å². The first-order valence-corrected chi connectivity index (χ1v) is 7.78. The number of methoxy groups -OCH3 is 1. The Kier molecular flexibility index (Phi) is 4.43. The lowest BCUT2D eigenvalue weighted by Gasteiger charge is -2.17. The van der Waals surface area contributed by atoms with Gasteiger partial charge in [-0.25, -0.2) is 0 Å². The van der Waals surface area contributed by atoms with Crippen molar-refractivity contribution in [3.05, 3.63) is 37.7 Å². The lowest BCUT2D eigenvalue weighted by atomic mass is 10.1. The maximum Gasteiger partial charge on any atom is 0.134 e. The lowest BCUT2D eigenvalue weighted by molar-refractivity contribution is 0.408. The third-order valence-corrected chi connectivity index (χ3v) is 5.07. The summed E-state index contributed by atoms with van der Waals surface area (Å²) in [5.41, 5.74) is 1.36. The van der Waals surface area contributed by atoms with Gasteiger partial charge in [-0.3, -0.25) is 0 Å². The van der Waals surface area contributed by atoms with Crippen LogP contribution >= 0.6 is 22.7 Å². The van der Waals surface area contributed by atoms with Crippen LogP contribution in [0.5, 0.6) is 5.75 Å². The smallest absolute Gasteiger partial charge is 0.134 e. The first-order valence-electron chi connectivity index (χ1n) is 6.09.